The lowest BCUT2D eigenvalue weighted by Gasteiger charge is -2.06. The van der Waals surface area contributed by atoms with Gasteiger partial charge in [-0.2, -0.15) is 0 Å². The maximum Gasteiger partial charge on any atom is 0.151 e. The predicted molar refractivity (Wildman–Crippen MR) is 104 cm³/mol. The number of ether oxygens (including phenoxy) is 1. The van der Waals surface area contributed by atoms with Crippen LogP contribution in [-0.4, -0.2) is 16.6 Å². The third-order valence-corrected chi connectivity index (χ3v) is 4.12. The van der Waals surface area contributed by atoms with Crippen molar-refractivity contribution in [3.63, 3.8) is 0 Å². The highest BCUT2D eigenvalue weighted by atomic mass is 79.9. The molecular weight excluding hydrogens is 364 g/mol. The maximum absolute atomic E-state index is 5.79. The highest BCUT2D eigenvalue weighted by molar-refractivity contribution is 9.10. The molecule has 24 heavy (non-hydrogen) atoms. The first kappa shape index (κ1) is 18.7. The Morgan fingerprint density at radius 2 is 1.58 bits per heavy atom. The Morgan fingerprint density at radius 3 is 2.29 bits per heavy atom. The Bertz CT molecular complexity index is 609. The Balaban J connectivity index is 1.71. The fourth-order valence-corrected chi connectivity index (χ4v) is 2.53. The van der Waals surface area contributed by atoms with Crippen molar-refractivity contribution in [3.05, 3.63) is 52.5 Å². The van der Waals surface area contributed by atoms with Gasteiger partial charge in [-0.25, -0.2) is 9.97 Å². The molecule has 0 saturated carbocycles. The van der Waals surface area contributed by atoms with E-state index in [0.717, 1.165) is 28.8 Å². The van der Waals surface area contributed by atoms with Crippen LogP contribution >= 0.6 is 15.9 Å². The number of unbranched alkanes of at least 4 members (excludes halogenated alkanes) is 5. The molecule has 0 aliphatic carbocycles. The van der Waals surface area contributed by atoms with Gasteiger partial charge in [0.15, 0.2) is 5.82 Å². The van der Waals surface area contributed by atoms with Crippen molar-refractivity contribution < 1.29 is 4.74 Å². The van der Waals surface area contributed by atoms with E-state index in [1.807, 2.05) is 36.4 Å². The molecular formula is C20H25BrN2O. The molecule has 0 unspecified atom stereocenters. The fourth-order valence-electron chi connectivity index (χ4n) is 2.33. The van der Waals surface area contributed by atoms with Crippen LogP contribution in [0.5, 0.6) is 5.75 Å². The van der Waals surface area contributed by atoms with Gasteiger partial charge in [-0.3, -0.25) is 0 Å². The van der Waals surface area contributed by atoms with E-state index < -0.39 is 0 Å². The molecule has 3 nitrogen and oxygen atoms in total. The van der Waals surface area contributed by atoms with Gasteiger partial charge < -0.3 is 4.74 Å². The number of nitrogens with zero attached hydrogens (tertiary/aromatic N) is 2. The molecule has 2 aromatic rings. The second-order valence-electron chi connectivity index (χ2n) is 5.78. The van der Waals surface area contributed by atoms with E-state index in [9.17, 15) is 0 Å². The molecule has 0 radical (unpaired) electrons. The summed E-state index contributed by atoms with van der Waals surface area (Å²) in [4.78, 5) is 8.44. The lowest BCUT2D eigenvalue weighted by Crippen LogP contribution is -1.97. The Labute approximate surface area is 153 Å². The van der Waals surface area contributed by atoms with E-state index in [0.29, 0.717) is 5.82 Å². The first-order chi connectivity index (χ1) is 11.8. The number of hydrogen-bond donors (Lipinski definition) is 0. The van der Waals surface area contributed by atoms with Crippen molar-refractivity contribution in [1.29, 1.82) is 0 Å². The molecule has 0 atom stereocenters. The van der Waals surface area contributed by atoms with E-state index in [-0.39, 0.29) is 0 Å². The summed E-state index contributed by atoms with van der Waals surface area (Å²) in [6.07, 6.45) is 15.1. The smallest absolute Gasteiger partial charge is 0.151 e. The number of aromatic nitrogens is 2. The predicted octanol–water partition coefficient (Wildman–Crippen LogP) is 6.15. The minimum absolute atomic E-state index is 0.696. The second kappa shape index (κ2) is 11.0. The summed E-state index contributed by atoms with van der Waals surface area (Å²) in [5, 5.41) is 0. The van der Waals surface area contributed by atoms with E-state index in [1.54, 1.807) is 12.4 Å². The molecule has 0 N–H and O–H groups in total. The third-order valence-electron chi connectivity index (χ3n) is 3.71. The van der Waals surface area contributed by atoms with Gasteiger partial charge in [0, 0.05) is 12.4 Å². The lowest BCUT2D eigenvalue weighted by atomic mass is 10.1. The molecule has 0 aliphatic rings. The van der Waals surface area contributed by atoms with Crippen molar-refractivity contribution in [3.8, 4) is 5.75 Å². The number of halogens is 1. The van der Waals surface area contributed by atoms with Gasteiger partial charge in [0.25, 0.3) is 0 Å². The molecule has 0 aliphatic heterocycles. The highest BCUT2D eigenvalue weighted by Gasteiger charge is 1.96. The van der Waals surface area contributed by atoms with Gasteiger partial charge in [-0.05, 0) is 46.1 Å². The van der Waals surface area contributed by atoms with Crippen molar-refractivity contribution in [2.24, 2.45) is 0 Å². The molecule has 0 bridgehead atoms. The normalized spacial score (nSPS) is 11.1. The molecule has 1 aromatic carbocycles. The standard InChI is InChI=1S/C20H25BrN2O/c1-2-3-4-5-6-7-14-24-19-11-8-17(9-12-19)10-13-20-22-15-18(21)16-23-20/h8-13,15-16H,2-7,14H2,1H3. The third kappa shape index (κ3) is 7.26. The summed E-state index contributed by atoms with van der Waals surface area (Å²) in [7, 11) is 0. The van der Waals surface area contributed by atoms with Crippen LogP contribution < -0.4 is 4.74 Å². The van der Waals surface area contributed by atoms with E-state index >= 15 is 0 Å². The summed E-state index contributed by atoms with van der Waals surface area (Å²) in [6.45, 7) is 3.04. The zero-order valence-corrected chi connectivity index (χ0v) is 15.8. The first-order valence-electron chi connectivity index (χ1n) is 8.66. The largest absolute Gasteiger partial charge is 0.494 e. The number of hydrogen-bond acceptors (Lipinski definition) is 3. The van der Waals surface area contributed by atoms with Crippen LogP contribution in [0.3, 0.4) is 0 Å². The molecule has 1 heterocycles. The second-order valence-corrected chi connectivity index (χ2v) is 6.69. The van der Waals surface area contributed by atoms with Crippen molar-refractivity contribution in [2.75, 3.05) is 6.61 Å². The maximum atomic E-state index is 5.79. The number of benzene rings is 1. The number of rotatable bonds is 10. The van der Waals surface area contributed by atoms with Crippen LogP contribution in [0.4, 0.5) is 0 Å². The van der Waals surface area contributed by atoms with Crippen molar-refractivity contribution >= 4 is 28.1 Å². The Morgan fingerprint density at radius 1 is 0.917 bits per heavy atom. The molecule has 1 aromatic heterocycles. The summed E-state index contributed by atoms with van der Waals surface area (Å²) < 4.78 is 6.67. The average Bonchev–Trinajstić information content (AvgIpc) is 2.61. The fraction of sp³-hybridized carbons (Fsp3) is 0.400. The Hall–Kier alpha value is -1.68. The zero-order chi connectivity index (χ0) is 17.0. The minimum Gasteiger partial charge on any atom is -0.494 e. The average molecular weight is 389 g/mol. The quantitative estimate of drug-likeness (QED) is 0.457. The van der Waals surface area contributed by atoms with Crippen molar-refractivity contribution in [2.45, 2.75) is 45.4 Å². The monoisotopic (exact) mass is 388 g/mol. The van der Waals surface area contributed by atoms with Crippen LogP contribution in [0, 0.1) is 0 Å². The molecule has 0 saturated heterocycles. The molecule has 0 spiro atoms. The van der Waals surface area contributed by atoms with Crippen LogP contribution in [0.25, 0.3) is 12.2 Å². The summed E-state index contributed by atoms with van der Waals surface area (Å²) in [5.74, 6) is 1.63. The zero-order valence-electron chi connectivity index (χ0n) is 14.2. The van der Waals surface area contributed by atoms with Gasteiger partial charge >= 0.3 is 0 Å². The molecule has 0 amide bonds. The van der Waals surface area contributed by atoms with Crippen LogP contribution in [-0.2, 0) is 0 Å². The van der Waals surface area contributed by atoms with E-state index in [4.69, 9.17) is 4.74 Å². The van der Waals surface area contributed by atoms with Crippen LogP contribution in [0.1, 0.15) is 56.8 Å². The van der Waals surface area contributed by atoms with Gasteiger partial charge in [0.05, 0.1) is 11.1 Å². The molecule has 128 valence electrons. The van der Waals surface area contributed by atoms with Crippen LogP contribution in [0.15, 0.2) is 41.1 Å². The molecule has 0 fully saturated rings. The molecule has 2 rings (SSSR count). The van der Waals surface area contributed by atoms with E-state index in [2.05, 4.69) is 32.8 Å². The van der Waals surface area contributed by atoms with E-state index in [1.165, 1.54) is 32.1 Å². The SMILES string of the molecule is CCCCCCCCOc1ccc(C=Cc2ncc(Br)cn2)cc1. The minimum atomic E-state index is 0.696. The van der Waals surface area contributed by atoms with Crippen LogP contribution in [0.2, 0.25) is 0 Å². The highest BCUT2D eigenvalue weighted by Crippen LogP contribution is 2.15. The van der Waals surface area contributed by atoms with Crippen molar-refractivity contribution in [1.82, 2.24) is 9.97 Å². The summed E-state index contributed by atoms with van der Waals surface area (Å²) >= 11 is 3.33. The van der Waals surface area contributed by atoms with Gasteiger partial charge in [0.1, 0.15) is 5.75 Å². The van der Waals surface area contributed by atoms with Gasteiger partial charge in [0.2, 0.25) is 0 Å². The molecule has 4 heteroatoms. The summed E-state index contributed by atoms with van der Waals surface area (Å²) in [5.41, 5.74) is 1.11. The lowest BCUT2D eigenvalue weighted by molar-refractivity contribution is 0.304. The Kier molecular flexibility index (Phi) is 8.53. The first-order valence-corrected chi connectivity index (χ1v) is 9.45. The van der Waals surface area contributed by atoms with Gasteiger partial charge in [-0.1, -0.05) is 57.2 Å². The summed E-state index contributed by atoms with van der Waals surface area (Å²) in [6, 6.07) is 8.12. The van der Waals surface area contributed by atoms with Gasteiger partial charge in [-0.15, -0.1) is 0 Å². The topological polar surface area (TPSA) is 35.0 Å².